The van der Waals surface area contributed by atoms with E-state index in [1.807, 2.05) is 18.2 Å². The molecule has 1 saturated carbocycles. The lowest BCUT2D eigenvalue weighted by Crippen LogP contribution is -2.36. The lowest BCUT2D eigenvalue weighted by Gasteiger charge is -2.25. The molecule has 0 saturated heterocycles. The van der Waals surface area contributed by atoms with Crippen molar-refractivity contribution < 1.29 is 9.90 Å². The Labute approximate surface area is 225 Å². The van der Waals surface area contributed by atoms with E-state index in [0.717, 1.165) is 29.9 Å². The number of H-pyrrole nitrogens is 1. The quantitative estimate of drug-likeness (QED) is 0.486. The summed E-state index contributed by atoms with van der Waals surface area (Å²) >= 11 is 0. The van der Waals surface area contributed by atoms with E-state index in [-0.39, 0.29) is 28.8 Å². The Morgan fingerprint density at radius 2 is 1.79 bits per heavy atom. The van der Waals surface area contributed by atoms with Crippen molar-refractivity contribution in [2.75, 3.05) is 6.54 Å². The van der Waals surface area contributed by atoms with Gasteiger partial charge in [0.05, 0.1) is 23.2 Å². The molecule has 2 aromatic carbocycles. The molecule has 6 heteroatoms. The Kier molecular flexibility index (Phi) is 6.80. The van der Waals surface area contributed by atoms with Crippen LogP contribution in [0, 0.1) is 0 Å². The maximum absolute atomic E-state index is 13.4. The van der Waals surface area contributed by atoms with Gasteiger partial charge in [0, 0.05) is 6.54 Å². The molecule has 0 bridgehead atoms. The first kappa shape index (κ1) is 26.4. The first-order valence-electron chi connectivity index (χ1n) is 13.8. The number of aryl methyl sites for hydroxylation is 1. The second kappa shape index (κ2) is 9.81. The Balaban J connectivity index is 1.41. The highest BCUT2D eigenvalue weighted by molar-refractivity contribution is 5.82. The number of aromatic nitrogens is 2. The number of amides is 1. The van der Waals surface area contributed by atoms with E-state index in [4.69, 9.17) is 4.98 Å². The summed E-state index contributed by atoms with van der Waals surface area (Å²) in [5.41, 5.74) is 4.92. The summed E-state index contributed by atoms with van der Waals surface area (Å²) in [6.45, 7) is 11.3. The molecule has 1 aliphatic heterocycles. The lowest BCUT2D eigenvalue weighted by atomic mass is 9.85. The van der Waals surface area contributed by atoms with E-state index >= 15 is 0 Å². The van der Waals surface area contributed by atoms with Crippen LogP contribution < -0.4 is 5.56 Å². The summed E-state index contributed by atoms with van der Waals surface area (Å²) in [6.07, 6.45) is 1.97. The zero-order valence-electron chi connectivity index (χ0n) is 23.2. The fourth-order valence-corrected chi connectivity index (χ4v) is 5.51. The maximum Gasteiger partial charge on any atom is 0.256 e. The molecule has 2 N–H and O–H groups in total. The number of hydrogen-bond acceptors (Lipinski definition) is 4. The first-order valence-corrected chi connectivity index (χ1v) is 13.8. The average Bonchev–Trinajstić information content (AvgIpc) is 3.72. The third-order valence-electron chi connectivity index (χ3n) is 8.21. The molecule has 2 aliphatic rings. The Bertz CT molecular complexity index is 1410. The topological polar surface area (TPSA) is 86.3 Å². The standard InChI is InChI=1S/C32H39N3O3/c1-20(2)21-9-6-12-24(17-21)32(14-15-32)30-33-26-13-8-16-35(19-25(26)28(37)34-30)29(38)27(36)22-10-7-11-23(18-22)31(3,4)5/h6-7,9-12,17-18,20,27,36H,8,13-16,19H2,1-5H3,(H,33,34,37). The molecular formula is C32H39N3O3. The van der Waals surface area contributed by atoms with Crippen molar-refractivity contribution in [1.29, 1.82) is 0 Å². The van der Waals surface area contributed by atoms with Crippen LogP contribution in [0.4, 0.5) is 0 Å². The van der Waals surface area contributed by atoms with Crippen LogP contribution in [-0.2, 0) is 28.6 Å². The van der Waals surface area contributed by atoms with E-state index in [0.29, 0.717) is 36.4 Å². The number of hydrogen-bond donors (Lipinski definition) is 2. The van der Waals surface area contributed by atoms with Gasteiger partial charge in [0.1, 0.15) is 5.82 Å². The van der Waals surface area contributed by atoms with Crippen LogP contribution in [0.25, 0.3) is 0 Å². The van der Waals surface area contributed by atoms with Crippen molar-refractivity contribution in [3.63, 3.8) is 0 Å². The minimum absolute atomic E-state index is 0.0913. The summed E-state index contributed by atoms with van der Waals surface area (Å²) in [7, 11) is 0. The summed E-state index contributed by atoms with van der Waals surface area (Å²) in [5, 5.41) is 11.0. The maximum atomic E-state index is 13.4. The second-order valence-corrected chi connectivity index (χ2v) is 12.3. The molecule has 200 valence electrons. The highest BCUT2D eigenvalue weighted by Crippen LogP contribution is 2.52. The van der Waals surface area contributed by atoms with Crippen LogP contribution in [-0.4, -0.2) is 32.4 Å². The summed E-state index contributed by atoms with van der Waals surface area (Å²) < 4.78 is 0. The number of fused-ring (bicyclic) bond motifs is 1. The number of carbonyl (C=O) groups is 1. The molecule has 1 amide bonds. The molecule has 0 spiro atoms. The monoisotopic (exact) mass is 513 g/mol. The largest absolute Gasteiger partial charge is 0.378 e. The Hall–Kier alpha value is -3.25. The number of rotatable bonds is 5. The average molecular weight is 514 g/mol. The van der Waals surface area contributed by atoms with E-state index in [9.17, 15) is 14.7 Å². The van der Waals surface area contributed by atoms with Gasteiger partial charge in [-0.2, -0.15) is 0 Å². The van der Waals surface area contributed by atoms with Crippen molar-refractivity contribution >= 4 is 5.91 Å². The molecule has 5 rings (SSSR count). The smallest absolute Gasteiger partial charge is 0.256 e. The lowest BCUT2D eigenvalue weighted by molar-refractivity contribution is -0.141. The predicted octanol–water partition coefficient (Wildman–Crippen LogP) is 5.28. The summed E-state index contributed by atoms with van der Waals surface area (Å²) in [5.74, 6) is 0.789. The molecular weight excluding hydrogens is 474 g/mol. The van der Waals surface area contributed by atoms with Gasteiger partial charge in [0.15, 0.2) is 6.10 Å². The molecule has 1 aliphatic carbocycles. The van der Waals surface area contributed by atoms with E-state index < -0.39 is 6.10 Å². The fourth-order valence-electron chi connectivity index (χ4n) is 5.51. The normalized spacial score (nSPS) is 17.6. The van der Waals surface area contributed by atoms with Gasteiger partial charge in [-0.05, 0) is 59.3 Å². The fraction of sp³-hybridized carbons (Fsp3) is 0.469. The van der Waals surface area contributed by atoms with Gasteiger partial charge in [-0.15, -0.1) is 0 Å². The van der Waals surface area contributed by atoms with E-state index in [1.54, 1.807) is 11.0 Å². The Morgan fingerprint density at radius 3 is 2.47 bits per heavy atom. The zero-order chi connectivity index (χ0) is 27.2. The first-order chi connectivity index (χ1) is 18.0. The number of benzene rings is 2. The van der Waals surface area contributed by atoms with Crippen molar-refractivity contribution in [3.05, 3.63) is 98.2 Å². The van der Waals surface area contributed by atoms with Crippen molar-refractivity contribution in [3.8, 4) is 0 Å². The highest BCUT2D eigenvalue weighted by Gasteiger charge is 2.49. The van der Waals surface area contributed by atoms with Gasteiger partial charge in [-0.3, -0.25) is 9.59 Å². The minimum Gasteiger partial charge on any atom is -0.378 e. The van der Waals surface area contributed by atoms with Crippen molar-refractivity contribution in [2.45, 2.75) is 89.7 Å². The molecule has 1 fully saturated rings. The van der Waals surface area contributed by atoms with E-state index in [1.165, 1.54) is 11.1 Å². The summed E-state index contributed by atoms with van der Waals surface area (Å²) in [6, 6.07) is 16.2. The molecule has 1 atom stereocenters. The SMILES string of the molecule is CC(C)c1cccc(C2(c3nc4c(c(=O)[nH]3)CN(C(=O)C(O)c3cccc(C(C)(C)C)c3)CCC4)CC2)c1. The minimum atomic E-state index is -1.27. The number of aliphatic hydroxyl groups is 1. The molecule has 0 radical (unpaired) electrons. The zero-order valence-corrected chi connectivity index (χ0v) is 23.2. The van der Waals surface area contributed by atoms with Crippen LogP contribution >= 0.6 is 0 Å². The molecule has 3 aromatic rings. The highest BCUT2D eigenvalue weighted by atomic mass is 16.3. The van der Waals surface area contributed by atoms with E-state index in [2.05, 4.69) is 63.9 Å². The Morgan fingerprint density at radius 1 is 1.08 bits per heavy atom. The van der Waals surface area contributed by atoms with Crippen LogP contribution in [0.15, 0.2) is 53.3 Å². The van der Waals surface area contributed by atoms with Crippen LogP contribution in [0.1, 0.15) is 105 Å². The predicted molar refractivity (Wildman–Crippen MR) is 149 cm³/mol. The number of aliphatic hydroxyl groups excluding tert-OH is 1. The molecule has 6 nitrogen and oxygen atoms in total. The third kappa shape index (κ3) is 4.94. The molecule has 38 heavy (non-hydrogen) atoms. The number of aromatic amines is 1. The van der Waals surface area contributed by atoms with Crippen molar-refractivity contribution in [1.82, 2.24) is 14.9 Å². The number of carbonyl (C=O) groups excluding carboxylic acids is 1. The molecule has 2 heterocycles. The van der Waals surface area contributed by atoms with Crippen LogP contribution in [0.2, 0.25) is 0 Å². The van der Waals surface area contributed by atoms with Gasteiger partial charge in [0.25, 0.3) is 11.5 Å². The van der Waals surface area contributed by atoms with Gasteiger partial charge >= 0.3 is 0 Å². The second-order valence-electron chi connectivity index (χ2n) is 12.3. The molecule has 1 unspecified atom stereocenters. The third-order valence-corrected chi connectivity index (χ3v) is 8.21. The van der Waals surface area contributed by atoms with Gasteiger partial charge < -0.3 is 15.0 Å². The van der Waals surface area contributed by atoms with Gasteiger partial charge in [-0.1, -0.05) is 83.1 Å². The number of nitrogens with zero attached hydrogens (tertiary/aromatic N) is 2. The summed E-state index contributed by atoms with van der Waals surface area (Å²) in [4.78, 5) is 36.5. The van der Waals surface area contributed by atoms with Gasteiger partial charge in [-0.25, -0.2) is 4.98 Å². The molecule has 1 aromatic heterocycles. The van der Waals surface area contributed by atoms with Crippen LogP contribution in [0.3, 0.4) is 0 Å². The van der Waals surface area contributed by atoms with Crippen LogP contribution in [0.5, 0.6) is 0 Å². The number of nitrogens with one attached hydrogen (secondary N) is 1. The van der Waals surface area contributed by atoms with Gasteiger partial charge in [0.2, 0.25) is 0 Å². The van der Waals surface area contributed by atoms with Crippen molar-refractivity contribution in [2.24, 2.45) is 0 Å².